The number of carbonyl (C=O) groups is 1. The van der Waals surface area contributed by atoms with Crippen LogP contribution in [0.3, 0.4) is 0 Å². The van der Waals surface area contributed by atoms with Gasteiger partial charge in [-0.1, -0.05) is 36.4 Å². The molecule has 0 radical (unpaired) electrons. The van der Waals surface area contributed by atoms with Crippen LogP contribution in [0, 0.1) is 0 Å². The summed E-state index contributed by atoms with van der Waals surface area (Å²) in [7, 11) is 0. The third-order valence-electron chi connectivity index (χ3n) is 3.28. The van der Waals surface area contributed by atoms with Crippen molar-refractivity contribution in [3.63, 3.8) is 0 Å². The Labute approximate surface area is 130 Å². The first kappa shape index (κ1) is 15.8. The average molecular weight is 296 g/mol. The average Bonchev–Trinajstić information content (AvgIpc) is 2.52. The normalized spacial score (nSPS) is 10.8. The van der Waals surface area contributed by atoms with E-state index in [2.05, 4.69) is 18.2 Å². The van der Waals surface area contributed by atoms with Crippen molar-refractivity contribution in [3.8, 4) is 5.75 Å². The smallest absolute Gasteiger partial charge is 0.328 e. The molecule has 0 spiro atoms. The van der Waals surface area contributed by atoms with Crippen LogP contribution in [0.2, 0.25) is 0 Å². The van der Waals surface area contributed by atoms with E-state index in [-0.39, 0.29) is 0 Å². The van der Waals surface area contributed by atoms with Crippen LogP contribution in [0.25, 0.3) is 6.08 Å². The molecule has 0 saturated carbocycles. The largest absolute Gasteiger partial charge is 0.494 e. The second kappa shape index (κ2) is 8.03. The highest BCUT2D eigenvalue weighted by molar-refractivity contribution is 5.85. The molecule has 3 heteroatoms. The molecule has 0 heterocycles. The van der Waals surface area contributed by atoms with Crippen molar-refractivity contribution in [2.24, 2.45) is 0 Å². The Balaban J connectivity index is 2.00. The van der Waals surface area contributed by atoms with Crippen molar-refractivity contribution < 1.29 is 14.6 Å². The number of carboxylic acids is 1. The first-order valence-corrected chi connectivity index (χ1v) is 7.39. The van der Waals surface area contributed by atoms with Crippen LogP contribution in [0.4, 0.5) is 0 Å². The molecule has 0 bridgehead atoms. The van der Waals surface area contributed by atoms with Gasteiger partial charge in [-0.3, -0.25) is 0 Å². The van der Waals surface area contributed by atoms with E-state index in [1.807, 2.05) is 37.3 Å². The molecular formula is C19H20O3. The monoisotopic (exact) mass is 296 g/mol. The Morgan fingerprint density at radius 3 is 2.45 bits per heavy atom. The highest BCUT2D eigenvalue weighted by atomic mass is 16.5. The zero-order chi connectivity index (χ0) is 15.8. The van der Waals surface area contributed by atoms with Gasteiger partial charge in [-0.25, -0.2) is 4.79 Å². The van der Waals surface area contributed by atoms with Crippen molar-refractivity contribution in [2.45, 2.75) is 19.8 Å². The standard InChI is InChI=1S/C19H20O3/c1-2-22-18-8-4-7-17(14-18)10-9-15-5-3-6-16(13-15)11-12-19(20)21/h3-8,11-14H,2,9-10H2,1H3,(H,20,21)/b12-11+. The maximum Gasteiger partial charge on any atom is 0.328 e. The van der Waals surface area contributed by atoms with E-state index in [4.69, 9.17) is 9.84 Å². The number of carboxylic acid groups (broad SMARTS) is 1. The molecule has 2 rings (SSSR count). The summed E-state index contributed by atoms with van der Waals surface area (Å²) in [5.74, 6) is -0.0312. The molecule has 0 aliphatic carbocycles. The number of aryl methyl sites for hydroxylation is 2. The number of aliphatic carboxylic acids is 1. The maximum atomic E-state index is 10.6. The molecule has 2 aromatic rings. The van der Waals surface area contributed by atoms with Gasteiger partial charge in [0.15, 0.2) is 0 Å². The summed E-state index contributed by atoms with van der Waals surface area (Å²) >= 11 is 0. The molecular weight excluding hydrogens is 276 g/mol. The lowest BCUT2D eigenvalue weighted by Gasteiger charge is -2.07. The highest BCUT2D eigenvalue weighted by Gasteiger charge is 1.99. The van der Waals surface area contributed by atoms with Crippen LogP contribution in [-0.2, 0) is 17.6 Å². The van der Waals surface area contributed by atoms with E-state index in [0.717, 1.165) is 30.2 Å². The molecule has 114 valence electrons. The minimum atomic E-state index is -0.932. The molecule has 0 fully saturated rings. The van der Waals surface area contributed by atoms with E-state index in [0.29, 0.717) is 6.61 Å². The first-order valence-electron chi connectivity index (χ1n) is 7.39. The minimum Gasteiger partial charge on any atom is -0.494 e. The molecule has 1 N–H and O–H groups in total. The van der Waals surface area contributed by atoms with Gasteiger partial charge in [0, 0.05) is 6.08 Å². The van der Waals surface area contributed by atoms with Gasteiger partial charge in [-0.15, -0.1) is 0 Å². The van der Waals surface area contributed by atoms with Gasteiger partial charge in [0.2, 0.25) is 0 Å². The van der Waals surface area contributed by atoms with Crippen LogP contribution in [0.1, 0.15) is 23.6 Å². The summed E-state index contributed by atoms with van der Waals surface area (Å²) < 4.78 is 5.51. The zero-order valence-electron chi connectivity index (χ0n) is 12.7. The second-order valence-corrected chi connectivity index (χ2v) is 5.00. The summed E-state index contributed by atoms with van der Waals surface area (Å²) in [5, 5.41) is 8.67. The molecule has 0 atom stereocenters. The molecule has 2 aromatic carbocycles. The first-order chi connectivity index (χ1) is 10.7. The summed E-state index contributed by atoms with van der Waals surface area (Å²) in [4.78, 5) is 10.6. The van der Waals surface area contributed by atoms with Crippen LogP contribution < -0.4 is 4.74 Å². The highest BCUT2D eigenvalue weighted by Crippen LogP contribution is 2.16. The van der Waals surface area contributed by atoms with Crippen molar-refractivity contribution >= 4 is 12.0 Å². The van der Waals surface area contributed by atoms with Gasteiger partial charge in [-0.05, 0) is 54.7 Å². The molecule has 0 unspecified atom stereocenters. The second-order valence-electron chi connectivity index (χ2n) is 5.00. The van der Waals surface area contributed by atoms with Crippen molar-refractivity contribution in [1.29, 1.82) is 0 Å². The van der Waals surface area contributed by atoms with Crippen molar-refractivity contribution in [1.82, 2.24) is 0 Å². The van der Waals surface area contributed by atoms with Gasteiger partial charge >= 0.3 is 5.97 Å². The van der Waals surface area contributed by atoms with Gasteiger partial charge in [-0.2, -0.15) is 0 Å². The van der Waals surface area contributed by atoms with Gasteiger partial charge in [0.25, 0.3) is 0 Å². The summed E-state index contributed by atoms with van der Waals surface area (Å²) in [5.41, 5.74) is 3.33. The van der Waals surface area contributed by atoms with Gasteiger partial charge in [0.1, 0.15) is 5.75 Å². The lowest BCUT2D eigenvalue weighted by molar-refractivity contribution is -0.131. The summed E-state index contributed by atoms with van der Waals surface area (Å²) in [6.07, 6.45) is 4.60. The molecule has 0 aromatic heterocycles. The third kappa shape index (κ3) is 5.09. The van der Waals surface area contributed by atoms with Gasteiger partial charge < -0.3 is 9.84 Å². The zero-order valence-corrected chi connectivity index (χ0v) is 12.7. The molecule has 3 nitrogen and oxygen atoms in total. The SMILES string of the molecule is CCOc1cccc(CCc2cccc(/C=C/C(=O)O)c2)c1. The Morgan fingerprint density at radius 2 is 1.77 bits per heavy atom. The van der Waals surface area contributed by atoms with Crippen molar-refractivity contribution in [2.75, 3.05) is 6.61 Å². The molecule has 0 saturated heterocycles. The van der Waals surface area contributed by atoms with Crippen LogP contribution >= 0.6 is 0 Å². The minimum absolute atomic E-state index is 0.668. The Kier molecular flexibility index (Phi) is 5.78. The predicted molar refractivity (Wildman–Crippen MR) is 88.1 cm³/mol. The fraction of sp³-hybridized carbons (Fsp3) is 0.211. The lowest BCUT2D eigenvalue weighted by Crippen LogP contribution is -1.95. The predicted octanol–water partition coefficient (Wildman–Crippen LogP) is 3.97. The van der Waals surface area contributed by atoms with Gasteiger partial charge in [0.05, 0.1) is 6.61 Å². The Bertz CT molecular complexity index is 659. The van der Waals surface area contributed by atoms with Crippen LogP contribution in [-0.4, -0.2) is 17.7 Å². The maximum absolute atomic E-state index is 10.6. The lowest BCUT2D eigenvalue weighted by atomic mass is 10.0. The van der Waals surface area contributed by atoms with Crippen molar-refractivity contribution in [3.05, 3.63) is 71.3 Å². The Hall–Kier alpha value is -2.55. The molecule has 0 aliphatic rings. The number of hydrogen-bond donors (Lipinski definition) is 1. The number of rotatable bonds is 7. The fourth-order valence-corrected chi connectivity index (χ4v) is 2.27. The fourth-order valence-electron chi connectivity index (χ4n) is 2.27. The number of ether oxygens (including phenoxy) is 1. The van der Waals surface area contributed by atoms with E-state index in [1.165, 1.54) is 11.1 Å². The summed E-state index contributed by atoms with van der Waals surface area (Å²) in [6, 6.07) is 16.1. The topological polar surface area (TPSA) is 46.5 Å². The summed E-state index contributed by atoms with van der Waals surface area (Å²) in [6.45, 7) is 2.64. The van der Waals surface area contributed by atoms with Crippen LogP contribution in [0.15, 0.2) is 54.6 Å². The Morgan fingerprint density at radius 1 is 1.09 bits per heavy atom. The van der Waals surface area contributed by atoms with E-state index < -0.39 is 5.97 Å². The van der Waals surface area contributed by atoms with E-state index in [1.54, 1.807) is 6.08 Å². The molecule has 22 heavy (non-hydrogen) atoms. The number of benzene rings is 2. The quantitative estimate of drug-likeness (QED) is 0.786. The van der Waals surface area contributed by atoms with E-state index >= 15 is 0 Å². The van der Waals surface area contributed by atoms with Crippen LogP contribution in [0.5, 0.6) is 5.75 Å². The van der Waals surface area contributed by atoms with E-state index in [9.17, 15) is 4.79 Å². The molecule has 0 amide bonds. The number of hydrogen-bond acceptors (Lipinski definition) is 2. The molecule has 0 aliphatic heterocycles. The third-order valence-corrected chi connectivity index (χ3v) is 3.28.